The highest BCUT2D eigenvalue weighted by molar-refractivity contribution is 7.90. The molecule has 3 aliphatic rings. The van der Waals surface area contributed by atoms with E-state index in [0.717, 1.165) is 55.6 Å². The molecule has 13 heteroatoms. The lowest BCUT2D eigenvalue weighted by Gasteiger charge is -2.46. The zero-order valence-electron chi connectivity index (χ0n) is 27.1. The van der Waals surface area contributed by atoms with Gasteiger partial charge < -0.3 is 9.47 Å². The number of fused-ring (bicyclic) bond motifs is 3. The van der Waals surface area contributed by atoms with Gasteiger partial charge in [0.2, 0.25) is 5.91 Å². The maximum absolute atomic E-state index is 14.6. The summed E-state index contributed by atoms with van der Waals surface area (Å²) in [5, 5.41) is 0. The van der Waals surface area contributed by atoms with Crippen LogP contribution in [0.2, 0.25) is 0 Å². The molecule has 0 saturated carbocycles. The van der Waals surface area contributed by atoms with Gasteiger partial charge in [-0.3, -0.25) is 9.69 Å². The molecule has 256 valence electrons. The van der Waals surface area contributed by atoms with Crippen molar-refractivity contribution in [2.45, 2.75) is 94.8 Å². The lowest BCUT2D eigenvalue weighted by atomic mass is 9.70. The predicted molar refractivity (Wildman–Crippen MR) is 172 cm³/mol. The Morgan fingerprint density at radius 2 is 1.66 bits per heavy atom. The minimum absolute atomic E-state index is 0.317. The molecule has 1 amide bonds. The molecule has 6 rings (SSSR count). The number of benzene rings is 2. The van der Waals surface area contributed by atoms with E-state index in [1.807, 2.05) is 12.1 Å². The van der Waals surface area contributed by atoms with Gasteiger partial charge in [0.1, 0.15) is 11.6 Å². The molecule has 0 aliphatic carbocycles. The van der Waals surface area contributed by atoms with Gasteiger partial charge in [0.25, 0.3) is 0 Å². The van der Waals surface area contributed by atoms with Gasteiger partial charge in [-0.05, 0) is 108 Å². The molecule has 47 heavy (non-hydrogen) atoms. The third kappa shape index (κ3) is 6.55. The Balaban J connectivity index is 1.14. The van der Waals surface area contributed by atoms with E-state index in [1.165, 1.54) is 25.4 Å². The topological polar surface area (TPSA) is 87.5 Å². The molecule has 1 N–H and O–H groups in total. The van der Waals surface area contributed by atoms with Crippen molar-refractivity contribution in [1.29, 1.82) is 0 Å². The van der Waals surface area contributed by atoms with E-state index in [9.17, 15) is 30.8 Å². The van der Waals surface area contributed by atoms with Crippen molar-refractivity contribution < 1.29 is 30.8 Å². The summed E-state index contributed by atoms with van der Waals surface area (Å²) in [6.07, 6.45) is 6.28. The monoisotopic (exact) mass is 677 g/mol. The van der Waals surface area contributed by atoms with Gasteiger partial charge in [-0.2, -0.15) is 13.2 Å². The van der Waals surface area contributed by atoms with Crippen LogP contribution in [0.3, 0.4) is 0 Å². The number of hydrogen-bond donors (Lipinski definition) is 1. The molecule has 2 bridgehead atoms. The van der Waals surface area contributed by atoms with Crippen molar-refractivity contribution in [2.75, 3.05) is 26.2 Å². The molecule has 3 saturated heterocycles. The van der Waals surface area contributed by atoms with Gasteiger partial charge in [0.05, 0.1) is 16.4 Å². The van der Waals surface area contributed by atoms with E-state index >= 15 is 0 Å². The summed E-state index contributed by atoms with van der Waals surface area (Å²) in [5.74, 6) is 0.302. The van der Waals surface area contributed by atoms with Gasteiger partial charge in [0, 0.05) is 37.8 Å². The number of imidazole rings is 1. The number of rotatable bonds is 9. The van der Waals surface area contributed by atoms with Crippen LogP contribution in [0.5, 0.6) is 0 Å². The van der Waals surface area contributed by atoms with Crippen LogP contribution in [0.4, 0.5) is 17.6 Å². The van der Waals surface area contributed by atoms with Crippen LogP contribution in [0, 0.1) is 18.2 Å². The van der Waals surface area contributed by atoms with E-state index < -0.39 is 33.4 Å². The molecule has 3 fully saturated rings. The number of aromatic nitrogens is 2. The van der Waals surface area contributed by atoms with Crippen LogP contribution < -0.4 is 4.72 Å². The number of alkyl halides is 3. The quantitative estimate of drug-likeness (QED) is 0.278. The number of aryl methyl sites for hydroxylation is 1. The summed E-state index contributed by atoms with van der Waals surface area (Å²) in [5.41, 5.74) is -4.13. The van der Waals surface area contributed by atoms with Gasteiger partial charge >= 0.3 is 15.5 Å². The zero-order chi connectivity index (χ0) is 33.8. The molecule has 1 aromatic heterocycles. The van der Waals surface area contributed by atoms with Crippen LogP contribution in [-0.4, -0.2) is 77.4 Å². The Morgan fingerprint density at radius 1 is 1.00 bits per heavy atom. The molecule has 0 radical (unpaired) electrons. The number of nitrogens with one attached hydrogen (secondary N) is 1. The number of halogens is 4. The molecule has 2 aromatic carbocycles. The van der Waals surface area contributed by atoms with Crippen molar-refractivity contribution in [3.05, 3.63) is 65.7 Å². The van der Waals surface area contributed by atoms with Crippen molar-refractivity contribution in [3.63, 3.8) is 0 Å². The molecule has 8 nitrogen and oxygen atoms in total. The zero-order valence-corrected chi connectivity index (χ0v) is 27.9. The van der Waals surface area contributed by atoms with Crippen LogP contribution in [0.15, 0.2) is 48.5 Å². The van der Waals surface area contributed by atoms with E-state index in [1.54, 1.807) is 21.8 Å². The van der Waals surface area contributed by atoms with E-state index in [0.29, 0.717) is 44.1 Å². The summed E-state index contributed by atoms with van der Waals surface area (Å²) in [6.45, 7) is 5.81. The summed E-state index contributed by atoms with van der Waals surface area (Å²) in [4.78, 5) is 22.5. The summed E-state index contributed by atoms with van der Waals surface area (Å²) in [6, 6.07) is 16.2. The molecular formula is C34H43F4N5O3S. The highest BCUT2D eigenvalue weighted by atomic mass is 32.2. The normalized spacial score (nSPS) is 23.8. The maximum Gasteiger partial charge on any atom is 0.511 e. The number of carbonyl (C=O) groups excluding carboxylic acids is 1. The highest BCUT2D eigenvalue weighted by Crippen LogP contribution is 2.45. The SMILES string of the molecule is Cc1nc2ccccc2n1[C@H]1C[C@H]2CC[C@@H](C1)N2CCC1(c2cccc(F)c2)CCN(C(=O)C(C)(C)CNS(=O)(=O)C(F)(F)F)CC1. The Morgan fingerprint density at radius 3 is 2.30 bits per heavy atom. The lowest BCUT2D eigenvalue weighted by molar-refractivity contribution is -0.141. The number of amides is 1. The largest absolute Gasteiger partial charge is 0.511 e. The van der Waals surface area contributed by atoms with Crippen LogP contribution in [-0.2, 0) is 20.2 Å². The number of hydrogen-bond acceptors (Lipinski definition) is 5. The third-order valence-corrected chi connectivity index (χ3v) is 12.0. The van der Waals surface area contributed by atoms with Crippen LogP contribution >= 0.6 is 0 Å². The first kappa shape index (κ1) is 33.9. The highest BCUT2D eigenvalue weighted by Gasteiger charge is 2.48. The first-order chi connectivity index (χ1) is 22.1. The summed E-state index contributed by atoms with van der Waals surface area (Å²) in [7, 11) is -5.57. The molecule has 4 heterocycles. The number of likely N-dealkylation sites (tertiary alicyclic amines) is 1. The maximum atomic E-state index is 14.6. The van der Waals surface area contributed by atoms with Crippen molar-refractivity contribution >= 4 is 27.0 Å². The van der Waals surface area contributed by atoms with Crippen molar-refractivity contribution in [3.8, 4) is 0 Å². The van der Waals surface area contributed by atoms with Crippen molar-refractivity contribution in [2.24, 2.45) is 5.41 Å². The molecule has 0 unspecified atom stereocenters. The molecule has 3 atom stereocenters. The van der Waals surface area contributed by atoms with E-state index in [4.69, 9.17) is 4.98 Å². The number of sulfonamides is 1. The summed E-state index contributed by atoms with van der Waals surface area (Å²) >= 11 is 0. The standard InChI is InChI=1S/C34H43F4N5O3S/c1-23-40-29-9-4-5-10-30(29)43(23)28-20-26-11-12-27(21-28)42(26)18-15-33(24-7-6-8-25(35)19-24)13-16-41(17-14-33)31(44)32(2,3)22-39-47(45,46)34(36,37)38/h4-10,19,26-28,39H,11-18,20-22H2,1-3H3/t26-,27+,28+. The van der Waals surface area contributed by atoms with Crippen LogP contribution in [0.1, 0.15) is 76.2 Å². The fourth-order valence-electron chi connectivity index (χ4n) is 8.29. The lowest BCUT2D eigenvalue weighted by Crippen LogP contribution is -2.53. The second kappa shape index (κ2) is 12.5. The third-order valence-electron chi connectivity index (χ3n) is 10.9. The van der Waals surface area contributed by atoms with Gasteiger partial charge in [-0.25, -0.2) is 22.5 Å². The smallest absolute Gasteiger partial charge is 0.342 e. The van der Waals surface area contributed by atoms with Gasteiger partial charge in [-0.15, -0.1) is 0 Å². The summed E-state index contributed by atoms with van der Waals surface area (Å²) < 4.78 is 80.3. The first-order valence-electron chi connectivity index (χ1n) is 16.4. The average Bonchev–Trinajstić information content (AvgIpc) is 3.48. The fourth-order valence-corrected chi connectivity index (χ4v) is 9.00. The number of para-hydroxylation sites is 2. The Hall–Kier alpha value is -3.03. The predicted octanol–water partition coefficient (Wildman–Crippen LogP) is 6.07. The van der Waals surface area contributed by atoms with E-state index in [-0.39, 0.29) is 11.2 Å². The Kier molecular flexibility index (Phi) is 8.97. The first-order valence-corrected chi connectivity index (χ1v) is 17.9. The number of piperidine rings is 2. The molecule has 3 aliphatic heterocycles. The van der Waals surface area contributed by atoms with Crippen molar-refractivity contribution in [1.82, 2.24) is 24.1 Å². The molecule has 3 aromatic rings. The minimum Gasteiger partial charge on any atom is -0.342 e. The molecular weight excluding hydrogens is 634 g/mol. The van der Waals surface area contributed by atoms with E-state index in [2.05, 4.69) is 34.6 Å². The number of carbonyl (C=O) groups is 1. The van der Waals surface area contributed by atoms with Gasteiger partial charge in [0.15, 0.2) is 0 Å². The number of nitrogens with zero attached hydrogens (tertiary/aromatic N) is 4. The second-order valence-electron chi connectivity index (χ2n) is 14.3. The minimum atomic E-state index is -5.57. The second-order valence-corrected chi connectivity index (χ2v) is 16.0. The van der Waals surface area contributed by atoms with Crippen LogP contribution in [0.25, 0.3) is 11.0 Å². The Labute approximate surface area is 273 Å². The Bertz CT molecular complexity index is 1720. The average molecular weight is 678 g/mol. The fraction of sp³-hybridized carbons (Fsp3) is 0.588. The van der Waals surface area contributed by atoms with Gasteiger partial charge in [-0.1, -0.05) is 24.3 Å². The molecule has 0 spiro atoms.